The molecule has 0 saturated heterocycles. The second-order valence-electron chi connectivity index (χ2n) is 3.39. The summed E-state index contributed by atoms with van der Waals surface area (Å²) >= 11 is 3.43. The van der Waals surface area contributed by atoms with E-state index in [9.17, 15) is 0 Å². The van der Waals surface area contributed by atoms with Crippen molar-refractivity contribution in [3.05, 3.63) is 47.1 Å². The molecule has 0 amide bonds. The first-order valence-corrected chi connectivity index (χ1v) is 5.88. The Kier molecular flexibility index (Phi) is 3.25. The van der Waals surface area contributed by atoms with Gasteiger partial charge in [-0.1, -0.05) is 28.6 Å². The van der Waals surface area contributed by atoms with Crippen LogP contribution in [0.4, 0.5) is 0 Å². The SMILES string of the molecule is C=C(OCC)c1ccc2cc(Br)ccc2n1. The minimum Gasteiger partial charge on any atom is -0.492 e. The maximum Gasteiger partial charge on any atom is 0.137 e. The van der Waals surface area contributed by atoms with E-state index in [0.717, 1.165) is 21.1 Å². The van der Waals surface area contributed by atoms with Crippen molar-refractivity contribution in [2.45, 2.75) is 6.92 Å². The molecule has 2 nitrogen and oxygen atoms in total. The fourth-order valence-corrected chi connectivity index (χ4v) is 1.88. The molecule has 0 spiro atoms. The van der Waals surface area contributed by atoms with Gasteiger partial charge in [-0.3, -0.25) is 0 Å². The van der Waals surface area contributed by atoms with Crippen LogP contribution < -0.4 is 0 Å². The molecule has 0 aliphatic rings. The van der Waals surface area contributed by atoms with Gasteiger partial charge in [0.2, 0.25) is 0 Å². The van der Waals surface area contributed by atoms with Crippen molar-refractivity contribution in [1.29, 1.82) is 0 Å². The van der Waals surface area contributed by atoms with Crippen LogP contribution in [-0.2, 0) is 4.74 Å². The molecule has 1 heterocycles. The summed E-state index contributed by atoms with van der Waals surface area (Å²) in [6, 6.07) is 9.93. The predicted octanol–water partition coefficient (Wildman–Crippen LogP) is 4.00. The summed E-state index contributed by atoms with van der Waals surface area (Å²) in [5.41, 5.74) is 1.73. The topological polar surface area (TPSA) is 22.1 Å². The lowest BCUT2D eigenvalue weighted by Crippen LogP contribution is -1.93. The van der Waals surface area contributed by atoms with Crippen molar-refractivity contribution < 1.29 is 4.74 Å². The van der Waals surface area contributed by atoms with Gasteiger partial charge in [-0.2, -0.15) is 0 Å². The molecule has 0 atom stereocenters. The monoisotopic (exact) mass is 277 g/mol. The second kappa shape index (κ2) is 4.66. The van der Waals surface area contributed by atoms with E-state index in [-0.39, 0.29) is 0 Å². The third-order valence-electron chi connectivity index (χ3n) is 2.26. The normalized spacial score (nSPS) is 10.4. The van der Waals surface area contributed by atoms with E-state index in [4.69, 9.17) is 4.74 Å². The van der Waals surface area contributed by atoms with E-state index in [1.807, 2.05) is 37.3 Å². The summed E-state index contributed by atoms with van der Waals surface area (Å²) in [7, 11) is 0. The van der Waals surface area contributed by atoms with Crippen LogP contribution in [0.5, 0.6) is 0 Å². The zero-order chi connectivity index (χ0) is 11.5. The average Bonchev–Trinajstić information content (AvgIpc) is 2.28. The van der Waals surface area contributed by atoms with Gasteiger partial charge in [0.15, 0.2) is 0 Å². The summed E-state index contributed by atoms with van der Waals surface area (Å²) in [6.07, 6.45) is 0. The molecule has 1 aromatic heterocycles. The number of hydrogen-bond acceptors (Lipinski definition) is 2. The first-order chi connectivity index (χ1) is 7.70. The molecule has 0 fully saturated rings. The Labute approximate surface area is 103 Å². The van der Waals surface area contributed by atoms with Gasteiger partial charge in [0.25, 0.3) is 0 Å². The van der Waals surface area contributed by atoms with Crippen LogP contribution >= 0.6 is 15.9 Å². The summed E-state index contributed by atoms with van der Waals surface area (Å²) in [5, 5.41) is 1.10. The molecule has 82 valence electrons. The molecule has 0 radical (unpaired) electrons. The molecular formula is C13H12BrNO. The summed E-state index contributed by atoms with van der Waals surface area (Å²) in [5.74, 6) is 0.618. The summed E-state index contributed by atoms with van der Waals surface area (Å²) in [6.45, 7) is 6.39. The molecule has 0 N–H and O–H groups in total. The van der Waals surface area contributed by atoms with E-state index in [1.165, 1.54) is 0 Å². The number of hydrogen-bond donors (Lipinski definition) is 0. The lowest BCUT2D eigenvalue weighted by molar-refractivity contribution is 0.298. The van der Waals surface area contributed by atoms with Gasteiger partial charge in [0, 0.05) is 9.86 Å². The maximum atomic E-state index is 5.33. The number of halogens is 1. The van der Waals surface area contributed by atoms with Crippen LogP contribution in [0, 0.1) is 0 Å². The first-order valence-electron chi connectivity index (χ1n) is 5.09. The predicted molar refractivity (Wildman–Crippen MR) is 70.1 cm³/mol. The van der Waals surface area contributed by atoms with E-state index in [2.05, 4.69) is 27.5 Å². The van der Waals surface area contributed by atoms with Gasteiger partial charge >= 0.3 is 0 Å². The van der Waals surface area contributed by atoms with Gasteiger partial charge in [0.05, 0.1) is 12.1 Å². The quantitative estimate of drug-likeness (QED) is 0.791. The second-order valence-corrected chi connectivity index (χ2v) is 4.31. The Morgan fingerprint density at radius 2 is 2.19 bits per heavy atom. The molecule has 0 aliphatic carbocycles. The van der Waals surface area contributed by atoms with Crippen LogP contribution in [-0.4, -0.2) is 11.6 Å². The van der Waals surface area contributed by atoms with E-state index >= 15 is 0 Å². The molecule has 0 unspecified atom stereocenters. The number of fused-ring (bicyclic) bond motifs is 1. The molecule has 0 aliphatic heterocycles. The minimum atomic E-state index is 0.610. The molecule has 1 aromatic carbocycles. The van der Waals surface area contributed by atoms with E-state index < -0.39 is 0 Å². The first kappa shape index (κ1) is 11.1. The van der Waals surface area contributed by atoms with Gasteiger partial charge < -0.3 is 4.74 Å². The van der Waals surface area contributed by atoms with Crippen LogP contribution in [0.1, 0.15) is 12.6 Å². The number of nitrogens with zero attached hydrogens (tertiary/aromatic N) is 1. The Bertz CT molecular complexity index is 536. The summed E-state index contributed by atoms with van der Waals surface area (Å²) < 4.78 is 6.39. The maximum absolute atomic E-state index is 5.33. The standard InChI is InChI=1S/C13H12BrNO/c1-3-16-9(2)12-6-4-10-8-11(14)5-7-13(10)15-12/h4-8H,2-3H2,1H3. The highest BCUT2D eigenvalue weighted by molar-refractivity contribution is 9.10. The molecule has 2 rings (SSSR count). The number of rotatable bonds is 3. The Morgan fingerprint density at radius 3 is 2.94 bits per heavy atom. The minimum absolute atomic E-state index is 0.610. The Hall–Kier alpha value is -1.35. The Morgan fingerprint density at radius 1 is 1.38 bits per heavy atom. The third-order valence-corrected chi connectivity index (χ3v) is 2.75. The third kappa shape index (κ3) is 2.25. The highest BCUT2D eigenvalue weighted by Crippen LogP contribution is 2.20. The number of ether oxygens (including phenoxy) is 1. The van der Waals surface area contributed by atoms with Crippen LogP contribution in [0.25, 0.3) is 16.7 Å². The molecular weight excluding hydrogens is 266 g/mol. The van der Waals surface area contributed by atoms with Crippen LogP contribution in [0.3, 0.4) is 0 Å². The number of benzene rings is 1. The largest absolute Gasteiger partial charge is 0.492 e. The van der Waals surface area contributed by atoms with E-state index in [0.29, 0.717) is 12.4 Å². The fraction of sp³-hybridized carbons (Fsp3) is 0.154. The van der Waals surface area contributed by atoms with Gasteiger partial charge in [-0.25, -0.2) is 4.98 Å². The zero-order valence-electron chi connectivity index (χ0n) is 9.03. The van der Waals surface area contributed by atoms with Crippen LogP contribution in [0.2, 0.25) is 0 Å². The molecule has 2 aromatic rings. The highest BCUT2D eigenvalue weighted by atomic mass is 79.9. The van der Waals surface area contributed by atoms with Crippen molar-refractivity contribution in [2.24, 2.45) is 0 Å². The van der Waals surface area contributed by atoms with Gasteiger partial charge in [-0.05, 0) is 31.2 Å². The molecule has 3 heteroatoms. The van der Waals surface area contributed by atoms with Gasteiger partial charge in [-0.15, -0.1) is 0 Å². The fourth-order valence-electron chi connectivity index (χ4n) is 1.50. The smallest absolute Gasteiger partial charge is 0.137 e. The van der Waals surface area contributed by atoms with Crippen LogP contribution in [0.15, 0.2) is 41.4 Å². The Balaban J connectivity index is 2.44. The number of aromatic nitrogens is 1. The number of pyridine rings is 1. The highest BCUT2D eigenvalue weighted by Gasteiger charge is 2.03. The van der Waals surface area contributed by atoms with Crippen molar-refractivity contribution in [3.63, 3.8) is 0 Å². The lowest BCUT2D eigenvalue weighted by Gasteiger charge is -2.07. The zero-order valence-corrected chi connectivity index (χ0v) is 10.6. The van der Waals surface area contributed by atoms with Gasteiger partial charge in [0.1, 0.15) is 11.5 Å². The van der Waals surface area contributed by atoms with Crippen molar-refractivity contribution in [1.82, 2.24) is 4.98 Å². The van der Waals surface area contributed by atoms with Crippen molar-refractivity contribution in [3.8, 4) is 0 Å². The molecule has 0 saturated carbocycles. The lowest BCUT2D eigenvalue weighted by atomic mass is 10.2. The summed E-state index contributed by atoms with van der Waals surface area (Å²) in [4.78, 5) is 4.49. The van der Waals surface area contributed by atoms with Crippen molar-refractivity contribution in [2.75, 3.05) is 6.61 Å². The van der Waals surface area contributed by atoms with E-state index in [1.54, 1.807) is 0 Å². The molecule has 16 heavy (non-hydrogen) atoms. The molecule has 0 bridgehead atoms. The average molecular weight is 278 g/mol. The van der Waals surface area contributed by atoms with Crippen molar-refractivity contribution >= 4 is 32.6 Å².